The van der Waals surface area contributed by atoms with Crippen molar-refractivity contribution in [3.8, 4) is 11.1 Å². The van der Waals surface area contributed by atoms with E-state index in [1.807, 2.05) is 49.0 Å². The summed E-state index contributed by atoms with van der Waals surface area (Å²) in [4.78, 5) is 17.0. The molecule has 0 spiro atoms. The molecule has 1 saturated heterocycles. The van der Waals surface area contributed by atoms with E-state index in [0.717, 1.165) is 54.8 Å². The van der Waals surface area contributed by atoms with E-state index in [1.165, 1.54) is 0 Å². The van der Waals surface area contributed by atoms with Crippen LogP contribution < -0.4 is 10.6 Å². The first-order chi connectivity index (χ1) is 16.6. The molecule has 0 aliphatic carbocycles. The molecule has 3 heterocycles. The predicted octanol–water partition coefficient (Wildman–Crippen LogP) is 5.81. The number of hydrogen-bond acceptors (Lipinski definition) is 4. The minimum Gasteiger partial charge on any atom is -0.342 e. The fraction of sp³-hybridized carbons (Fsp3) is 0.400. The molecule has 1 aliphatic rings. The highest BCUT2D eigenvalue weighted by Gasteiger charge is 2.36. The number of rotatable bonds is 6. The van der Waals surface area contributed by atoms with Gasteiger partial charge in [-0.2, -0.15) is 18.3 Å². The number of carbonyl (C=O) groups excluding carboxylic acids is 1. The van der Waals surface area contributed by atoms with Gasteiger partial charge in [0.05, 0.1) is 22.8 Å². The van der Waals surface area contributed by atoms with Crippen molar-refractivity contribution in [3.63, 3.8) is 0 Å². The maximum Gasteiger partial charge on any atom is 0.417 e. The highest BCUT2D eigenvalue weighted by molar-refractivity contribution is 6.34. The second-order valence-electron chi connectivity index (χ2n) is 8.95. The van der Waals surface area contributed by atoms with Crippen LogP contribution in [0.4, 0.5) is 13.2 Å². The Hall–Kier alpha value is -2.91. The molecule has 0 bridgehead atoms. The van der Waals surface area contributed by atoms with Gasteiger partial charge in [0.15, 0.2) is 0 Å². The Kier molecular flexibility index (Phi) is 7.47. The van der Waals surface area contributed by atoms with Crippen LogP contribution in [0.5, 0.6) is 0 Å². The van der Waals surface area contributed by atoms with Crippen LogP contribution in [-0.4, -0.2) is 33.3 Å². The lowest BCUT2D eigenvalue weighted by Crippen LogP contribution is -2.46. The quantitative estimate of drug-likeness (QED) is 0.443. The molecule has 4 rings (SSSR count). The standard InChI is InChI=1S/C25H27ClF3N5O/c1-15(2)34-14-18(13-32-34)16-6-5-7-17(12-16)22(20-8-3-4-10-30-20)33-24(35)23-21(26)19(9-11-31-23)25(27,28)29/h5-7,9,11-15,20,22,30H,3-4,8,10H2,1-2H3,(H,33,35)/t20-,22-/m0/s1. The molecule has 10 heteroatoms. The number of carbonyl (C=O) groups is 1. The zero-order chi connectivity index (χ0) is 25.2. The average molecular weight is 506 g/mol. The zero-order valence-corrected chi connectivity index (χ0v) is 20.2. The SMILES string of the molecule is CC(C)n1cc(-c2cccc([C@H](NC(=O)c3nccc(C(F)(F)F)c3Cl)[C@@H]3CCCCN3)c2)cn1. The maximum atomic E-state index is 13.3. The largest absolute Gasteiger partial charge is 0.417 e. The first-order valence-electron chi connectivity index (χ1n) is 11.6. The van der Waals surface area contributed by atoms with Crippen molar-refractivity contribution >= 4 is 17.5 Å². The van der Waals surface area contributed by atoms with Gasteiger partial charge in [0.25, 0.3) is 5.91 Å². The monoisotopic (exact) mass is 505 g/mol. The summed E-state index contributed by atoms with van der Waals surface area (Å²) in [5.41, 5.74) is 1.16. The van der Waals surface area contributed by atoms with Crippen LogP contribution in [0.15, 0.2) is 48.9 Å². The summed E-state index contributed by atoms with van der Waals surface area (Å²) in [7, 11) is 0. The summed E-state index contributed by atoms with van der Waals surface area (Å²) in [6, 6.07) is 8.14. The highest BCUT2D eigenvalue weighted by Crippen LogP contribution is 2.36. The van der Waals surface area contributed by atoms with Gasteiger partial charge in [0, 0.05) is 30.0 Å². The summed E-state index contributed by atoms with van der Waals surface area (Å²) < 4.78 is 41.8. The number of benzene rings is 1. The molecule has 2 aromatic heterocycles. The number of amides is 1. The molecule has 2 atom stereocenters. The van der Waals surface area contributed by atoms with Crippen LogP contribution in [0.2, 0.25) is 5.02 Å². The molecule has 186 valence electrons. The van der Waals surface area contributed by atoms with Crippen molar-refractivity contribution in [1.82, 2.24) is 25.4 Å². The highest BCUT2D eigenvalue weighted by atomic mass is 35.5. The molecular weight excluding hydrogens is 479 g/mol. The lowest BCUT2D eigenvalue weighted by atomic mass is 9.91. The number of nitrogens with one attached hydrogen (secondary N) is 2. The van der Waals surface area contributed by atoms with Crippen molar-refractivity contribution in [2.75, 3.05) is 6.54 Å². The number of hydrogen-bond donors (Lipinski definition) is 2. The molecular formula is C25H27ClF3N5O. The Balaban J connectivity index is 1.67. The Morgan fingerprint density at radius 2 is 2.03 bits per heavy atom. The van der Waals surface area contributed by atoms with Gasteiger partial charge in [-0.15, -0.1) is 0 Å². The Morgan fingerprint density at radius 1 is 1.23 bits per heavy atom. The van der Waals surface area contributed by atoms with Crippen LogP contribution in [0, 0.1) is 0 Å². The second kappa shape index (κ2) is 10.4. The number of nitrogens with zero attached hydrogens (tertiary/aromatic N) is 3. The molecule has 1 aliphatic heterocycles. The van der Waals surface area contributed by atoms with E-state index in [2.05, 4.69) is 20.7 Å². The van der Waals surface area contributed by atoms with E-state index in [4.69, 9.17) is 11.6 Å². The summed E-state index contributed by atoms with van der Waals surface area (Å²) in [6.07, 6.45) is 2.82. The van der Waals surface area contributed by atoms with E-state index in [9.17, 15) is 18.0 Å². The molecule has 6 nitrogen and oxygen atoms in total. The van der Waals surface area contributed by atoms with E-state index in [1.54, 1.807) is 6.20 Å². The van der Waals surface area contributed by atoms with Gasteiger partial charge in [-0.1, -0.05) is 36.2 Å². The van der Waals surface area contributed by atoms with Crippen LogP contribution in [-0.2, 0) is 6.18 Å². The summed E-state index contributed by atoms with van der Waals surface area (Å²) in [5, 5.41) is 10.0. The molecule has 0 saturated carbocycles. The molecule has 2 N–H and O–H groups in total. The molecule has 1 fully saturated rings. The van der Waals surface area contributed by atoms with Crippen molar-refractivity contribution in [1.29, 1.82) is 0 Å². The second-order valence-corrected chi connectivity index (χ2v) is 9.33. The zero-order valence-electron chi connectivity index (χ0n) is 19.4. The van der Waals surface area contributed by atoms with Crippen molar-refractivity contribution in [3.05, 3.63) is 70.8 Å². The molecule has 0 unspecified atom stereocenters. The normalized spacial score (nSPS) is 17.4. The maximum absolute atomic E-state index is 13.3. The van der Waals surface area contributed by atoms with E-state index in [0.29, 0.717) is 0 Å². The fourth-order valence-electron chi connectivity index (χ4n) is 4.29. The lowest BCUT2D eigenvalue weighted by Gasteiger charge is -2.32. The minimum atomic E-state index is -4.69. The number of halogens is 4. The van der Waals surface area contributed by atoms with Gasteiger partial charge in [-0.25, -0.2) is 4.98 Å². The molecule has 1 aromatic carbocycles. The van der Waals surface area contributed by atoms with E-state index in [-0.39, 0.29) is 12.1 Å². The number of piperidine rings is 1. The third kappa shape index (κ3) is 5.67. The predicted molar refractivity (Wildman–Crippen MR) is 128 cm³/mol. The molecule has 35 heavy (non-hydrogen) atoms. The van der Waals surface area contributed by atoms with Crippen LogP contribution >= 0.6 is 11.6 Å². The molecule has 0 radical (unpaired) electrons. The van der Waals surface area contributed by atoms with Gasteiger partial charge in [-0.3, -0.25) is 9.48 Å². The van der Waals surface area contributed by atoms with Crippen molar-refractivity contribution in [2.45, 2.75) is 57.4 Å². The third-order valence-corrected chi connectivity index (χ3v) is 6.54. The van der Waals surface area contributed by atoms with Gasteiger partial charge in [0.2, 0.25) is 0 Å². The fourth-order valence-corrected chi connectivity index (χ4v) is 4.60. The average Bonchev–Trinajstić information content (AvgIpc) is 3.33. The number of alkyl halides is 3. The van der Waals surface area contributed by atoms with Gasteiger partial charge < -0.3 is 10.6 Å². The van der Waals surface area contributed by atoms with Gasteiger partial charge >= 0.3 is 6.18 Å². The topological polar surface area (TPSA) is 71.8 Å². The summed E-state index contributed by atoms with van der Waals surface area (Å²) in [5.74, 6) is -0.753. The Morgan fingerprint density at radius 3 is 2.69 bits per heavy atom. The van der Waals surface area contributed by atoms with E-state index < -0.39 is 34.4 Å². The van der Waals surface area contributed by atoms with Crippen LogP contribution in [0.1, 0.15) is 66.8 Å². The Bertz CT molecular complexity index is 1190. The summed E-state index contributed by atoms with van der Waals surface area (Å²) >= 11 is 5.97. The van der Waals surface area contributed by atoms with Gasteiger partial charge in [-0.05, 0) is 56.5 Å². The number of aromatic nitrogens is 3. The van der Waals surface area contributed by atoms with Crippen molar-refractivity contribution in [2.24, 2.45) is 0 Å². The Labute approximate surface area is 206 Å². The minimum absolute atomic E-state index is 0.0917. The van der Waals surface area contributed by atoms with E-state index >= 15 is 0 Å². The first-order valence-corrected chi connectivity index (χ1v) is 11.9. The third-order valence-electron chi connectivity index (χ3n) is 6.16. The summed E-state index contributed by atoms with van der Waals surface area (Å²) in [6.45, 7) is 4.88. The first kappa shape index (κ1) is 25.2. The number of pyridine rings is 1. The van der Waals surface area contributed by atoms with Gasteiger partial charge in [0.1, 0.15) is 5.69 Å². The molecule has 3 aromatic rings. The smallest absolute Gasteiger partial charge is 0.342 e. The van der Waals surface area contributed by atoms with Crippen LogP contribution in [0.25, 0.3) is 11.1 Å². The van der Waals surface area contributed by atoms with Crippen molar-refractivity contribution < 1.29 is 18.0 Å². The lowest BCUT2D eigenvalue weighted by molar-refractivity contribution is -0.137. The van der Waals surface area contributed by atoms with Crippen LogP contribution in [0.3, 0.4) is 0 Å². The molecule has 1 amide bonds.